The fourth-order valence-electron chi connectivity index (χ4n) is 1.68. The van der Waals surface area contributed by atoms with Crippen molar-refractivity contribution >= 4 is 43.4 Å². The Balaban J connectivity index is 2.20. The van der Waals surface area contributed by atoms with Gasteiger partial charge in [0.05, 0.1) is 16.0 Å². The SMILES string of the molecule is NS(=O)(=O)c1cccc(NS(=O)(=O)/C=C/c2ccc(Cl)cc2)c1. The summed E-state index contributed by atoms with van der Waals surface area (Å²) in [6, 6.07) is 11.8. The molecule has 0 aromatic heterocycles. The monoisotopic (exact) mass is 372 g/mol. The van der Waals surface area contributed by atoms with Crippen molar-refractivity contribution in [2.24, 2.45) is 5.14 Å². The van der Waals surface area contributed by atoms with Crippen LogP contribution in [0.15, 0.2) is 58.8 Å². The van der Waals surface area contributed by atoms with E-state index in [0.717, 1.165) is 11.5 Å². The van der Waals surface area contributed by atoms with Crippen molar-refractivity contribution in [2.45, 2.75) is 4.90 Å². The predicted molar refractivity (Wildman–Crippen MR) is 90.8 cm³/mol. The number of hydrogen-bond donors (Lipinski definition) is 2. The van der Waals surface area contributed by atoms with E-state index in [9.17, 15) is 16.8 Å². The maximum absolute atomic E-state index is 12.0. The van der Waals surface area contributed by atoms with Gasteiger partial charge in [-0.3, -0.25) is 4.72 Å². The van der Waals surface area contributed by atoms with E-state index in [1.807, 2.05) is 0 Å². The third kappa shape index (κ3) is 5.36. The third-order valence-electron chi connectivity index (χ3n) is 2.73. The van der Waals surface area contributed by atoms with Gasteiger partial charge in [0.25, 0.3) is 10.0 Å². The average molecular weight is 373 g/mol. The summed E-state index contributed by atoms with van der Waals surface area (Å²) in [6.07, 6.45) is 1.39. The van der Waals surface area contributed by atoms with Gasteiger partial charge in [-0.05, 0) is 42.0 Å². The summed E-state index contributed by atoms with van der Waals surface area (Å²) in [5.41, 5.74) is 0.746. The second-order valence-electron chi connectivity index (χ2n) is 4.57. The highest BCUT2D eigenvalue weighted by atomic mass is 35.5. The van der Waals surface area contributed by atoms with Crippen LogP contribution in [-0.2, 0) is 20.0 Å². The maximum Gasteiger partial charge on any atom is 0.255 e. The second kappa shape index (κ2) is 6.71. The van der Waals surface area contributed by atoms with Gasteiger partial charge >= 0.3 is 0 Å². The van der Waals surface area contributed by atoms with E-state index >= 15 is 0 Å². The highest BCUT2D eigenvalue weighted by molar-refractivity contribution is 7.95. The van der Waals surface area contributed by atoms with Crippen LogP contribution in [0.1, 0.15) is 5.56 Å². The number of sulfonamides is 2. The van der Waals surface area contributed by atoms with E-state index in [0.29, 0.717) is 10.6 Å². The molecule has 0 aliphatic rings. The van der Waals surface area contributed by atoms with Gasteiger partial charge in [0.15, 0.2) is 0 Å². The molecule has 0 unspecified atom stereocenters. The first-order chi connectivity index (χ1) is 10.7. The zero-order chi connectivity index (χ0) is 17.1. The fourth-order valence-corrected chi connectivity index (χ4v) is 3.22. The van der Waals surface area contributed by atoms with Gasteiger partial charge in [-0.2, -0.15) is 0 Å². The molecular formula is C14H13ClN2O4S2. The minimum absolute atomic E-state index is 0.0947. The van der Waals surface area contributed by atoms with Gasteiger partial charge in [-0.25, -0.2) is 22.0 Å². The molecule has 122 valence electrons. The summed E-state index contributed by atoms with van der Waals surface area (Å²) in [4.78, 5) is -0.181. The summed E-state index contributed by atoms with van der Waals surface area (Å²) >= 11 is 5.75. The first-order valence-corrected chi connectivity index (χ1v) is 9.72. The van der Waals surface area contributed by atoms with Gasteiger partial charge < -0.3 is 0 Å². The molecule has 23 heavy (non-hydrogen) atoms. The van der Waals surface area contributed by atoms with Crippen molar-refractivity contribution in [1.82, 2.24) is 0 Å². The minimum Gasteiger partial charge on any atom is -0.280 e. The molecule has 2 aromatic rings. The smallest absolute Gasteiger partial charge is 0.255 e. The zero-order valence-electron chi connectivity index (χ0n) is 11.7. The summed E-state index contributed by atoms with van der Waals surface area (Å²) in [7, 11) is -7.71. The Morgan fingerprint density at radius 3 is 2.26 bits per heavy atom. The summed E-state index contributed by atoms with van der Waals surface area (Å²) in [5.74, 6) is 0. The van der Waals surface area contributed by atoms with Gasteiger partial charge in [0.1, 0.15) is 0 Å². The third-order valence-corrected chi connectivity index (χ3v) is 4.91. The Morgan fingerprint density at radius 2 is 1.65 bits per heavy atom. The first kappa shape index (κ1) is 17.5. The van der Waals surface area contributed by atoms with Gasteiger partial charge in [-0.1, -0.05) is 29.8 Å². The van der Waals surface area contributed by atoms with E-state index < -0.39 is 20.0 Å². The molecule has 0 bridgehead atoms. The predicted octanol–water partition coefficient (Wildman–Crippen LogP) is 2.40. The first-order valence-electron chi connectivity index (χ1n) is 6.25. The number of rotatable bonds is 5. The average Bonchev–Trinajstić information content (AvgIpc) is 2.46. The van der Waals surface area contributed by atoms with E-state index in [1.165, 1.54) is 24.3 Å². The molecule has 0 saturated carbocycles. The van der Waals surface area contributed by atoms with Crippen LogP contribution in [0.25, 0.3) is 6.08 Å². The Labute approximate surface area is 139 Å². The van der Waals surface area contributed by atoms with E-state index in [2.05, 4.69) is 4.72 Å². The fraction of sp³-hybridized carbons (Fsp3) is 0. The molecular weight excluding hydrogens is 360 g/mol. The van der Waals surface area contributed by atoms with Crippen LogP contribution in [0, 0.1) is 0 Å². The largest absolute Gasteiger partial charge is 0.280 e. The molecule has 2 aromatic carbocycles. The highest BCUT2D eigenvalue weighted by Crippen LogP contribution is 2.16. The van der Waals surface area contributed by atoms with Crippen LogP contribution in [0.5, 0.6) is 0 Å². The molecule has 6 nitrogen and oxygen atoms in total. The number of halogens is 1. The van der Waals surface area contributed by atoms with Crippen molar-refractivity contribution in [3.05, 3.63) is 64.5 Å². The number of nitrogens with one attached hydrogen (secondary N) is 1. The quantitative estimate of drug-likeness (QED) is 0.840. The Morgan fingerprint density at radius 1 is 1.00 bits per heavy atom. The standard InChI is InChI=1S/C14H13ClN2O4S2/c15-12-6-4-11(5-7-12)8-9-22(18,19)17-13-2-1-3-14(10-13)23(16,20)21/h1-10,17H,(H2,16,20,21)/b9-8+. The van der Waals surface area contributed by atoms with E-state index in [-0.39, 0.29) is 10.6 Å². The lowest BCUT2D eigenvalue weighted by molar-refractivity contribution is 0.597. The van der Waals surface area contributed by atoms with E-state index in [4.69, 9.17) is 16.7 Å². The summed E-state index contributed by atoms with van der Waals surface area (Å²) in [5, 5.41) is 6.52. The number of nitrogens with two attached hydrogens (primary N) is 1. The topological polar surface area (TPSA) is 106 Å². The number of primary sulfonamides is 1. The molecule has 2 rings (SSSR count). The van der Waals surface area contributed by atoms with Gasteiger partial charge in [0.2, 0.25) is 10.0 Å². The maximum atomic E-state index is 12.0. The summed E-state index contributed by atoms with van der Waals surface area (Å²) < 4.78 is 48.8. The Kier molecular flexibility index (Phi) is 5.10. The second-order valence-corrected chi connectivity index (χ2v) is 8.14. The van der Waals surface area contributed by atoms with Gasteiger partial charge in [0, 0.05) is 5.02 Å². The molecule has 9 heteroatoms. The van der Waals surface area contributed by atoms with Crippen molar-refractivity contribution in [3.63, 3.8) is 0 Å². The van der Waals surface area contributed by atoms with E-state index in [1.54, 1.807) is 24.3 Å². The molecule has 0 amide bonds. The van der Waals surface area contributed by atoms with Crippen LogP contribution in [0.4, 0.5) is 5.69 Å². The number of anilines is 1. The molecule has 0 saturated heterocycles. The van der Waals surface area contributed by atoms with Crippen LogP contribution in [0.2, 0.25) is 5.02 Å². The highest BCUT2D eigenvalue weighted by Gasteiger charge is 2.11. The number of hydrogen-bond acceptors (Lipinski definition) is 4. The van der Waals surface area contributed by atoms with Crippen LogP contribution in [0.3, 0.4) is 0 Å². The minimum atomic E-state index is -3.91. The Hall–Kier alpha value is -1.87. The normalized spacial score (nSPS) is 12.4. The molecule has 0 aliphatic carbocycles. The molecule has 0 heterocycles. The Bertz CT molecular complexity index is 937. The lowest BCUT2D eigenvalue weighted by Gasteiger charge is -2.06. The lowest BCUT2D eigenvalue weighted by Crippen LogP contribution is -2.13. The van der Waals surface area contributed by atoms with Crippen LogP contribution < -0.4 is 9.86 Å². The molecule has 0 atom stereocenters. The van der Waals surface area contributed by atoms with Crippen LogP contribution >= 0.6 is 11.6 Å². The molecule has 0 fully saturated rings. The van der Waals surface area contributed by atoms with Crippen molar-refractivity contribution < 1.29 is 16.8 Å². The molecule has 0 radical (unpaired) electrons. The molecule has 3 N–H and O–H groups in total. The van der Waals surface area contributed by atoms with Crippen molar-refractivity contribution in [3.8, 4) is 0 Å². The molecule has 0 spiro atoms. The molecule has 0 aliphatic heterocycles. The van der Waals surface area contributed by atoms with Crippen LogP contribution in [-0.4, -0.2) is 16.8 Å². The lowest BCUT2D eigenvalue weighted by atomic mass is 10.2. The summed E-state index contributed by atoms with van der Waals surface area (Å²) in [6.45, 7) is 0. The van der Waals surface area contributed by atoms with Gasteiger partial charge in [-0.15, -0.1) is 0 Å². The van der Waals surface area contributed by atoms with Crippen molar-refractivity contribution in [2.75, 3.05) is 4.72 Å². The van der Waals surface area contributed by atoms with Crippen molar-refractivity contribution in [1.29, 1.82) is 0 Å². The number of benzene rings is 2. The zero-order valence-corrected chi connectivity index (χ0v) is 14.1.